The Hall–Kier alpha value is -1.45. The minimum absolute atomic E-state index is 0.0297. The fraction of sp³-hybridized carbons (Fsp3) is 0.750. The Kier molecular flexibility index (Phi) is 8.52. The van der Waals surface area contributed by atoms with E-state index in [1.54, 1.807) is 0 Å². The first kappa shape index (κ1) is 27.6. The van der Waals surface area contributed by atoms with Crippen molar-refractivity contribution >= 4 is 36.0 Å². The Morgan fingerprint density at radius 2 is 2.00 bits per heavy atom. The van der Waals surface area contributed by atoms with Crippen molar-refractivity contribution in [2.24, 2.45) is 0 Å². The zero-order chi connectivity index (χ0) is 26.1. The summed E-state index contributed by atoms with van der Waals surface area (Å²) in [6.07, 6.45) is 0.537. The highest BCUT2D eigenvalue weighted by Gasteiger charge is 2.49. The number of hydrogen-bond acceptors (Lipinski definition) is 11. The molecular weight excluding hydrogens is 521 g/mol. The number of aromatic nitrogens is 4. The molecule has 3 heterocycles. The lowest BCUT2D eigenvalue weighted by Gasteiger charge is -2.31. The van der Waals surface area contributed by atoms with Gasteiger partial charge in [0.2, 0.25) is 5.28 Å². The molecule has 1 aliphatic carbocycles. The molecule has 0 aromatic carbocycles. The molecule has 2 aromatic rings. The predicted octanol–water partition coefficient (Wildman–Crippen LogP) is 0.373. The van der Waals surface area contributed by atoms with Gasteiger partial charge in [0.05, 0.1) is 38.0 Å². The SMILES string of the molecule is CC(COCCO)(OC[C@H]1OC(n2ncc3c(NC4CCCC4)nc(Cl)nc32)[C@H](O)[C@@H]1O)P(=O)(O)O. The van der Waals surface area contributed by atoms with Crippen LogP contribution in [0, 0.1) is 0 Å². The molecule has 202 valence electrons. The van der Waals surface area contributed by atoms with Gasteiger partial charge in [-0.1, -0.05) is 12.8 Å². The van der Waals surface area contributed by atoms with E-state index in [2.05, 4.69) is 20.4 Å². The first-order valence-electron chi connectivity index (χ1n) is 11.6. The molecule has 36 heavy (non-hydrogen) atoms. The van der Waals surface area contributed by atoms with Gasteiger partial charge in [0, 0.05) is 6.04 Å². The van der Waals surface area contributed by atoms with Crippen LogP contribution in [-0.4, -0.2) is 101 Å². The number of nitrogens with one attached hydrogen (secondary N) is 1. The van der Waals surface area contributed by atoms with Gasteiger partial charge in [0.25, 0.3) is 0 Å². The number of halogens is 1. The Morgan fingerprint density at radius 1 is 1.28 bits per heavy atom. The molecule has 2 unspecified atom stereocenters. The third kappa shape index (κ3) is 5.68. The summed E-state index contributed by atoms with van der Waals surface area (Å²) >= 11 is 6.16. The van der Waals surface area contributed by atoms with Gasteiger partial charge in [-0.05, 0) is 31.4 Å². The van der Waals surface area contributed by atoms with Crippen LogP contribution in [0.4, 0.5) is 5.82 Å². The van der Waals surface area contributed by atoms with E-state index in [1.165, 1.54) is 10.9 Å². The normalized spacial score (nSPS) is 27.1. The van der Waals surface area contributed by atoms with E-state index in [1.807, 2.05) is 0 Å². The highest BCUT2D eigenvalue weighted by molar-refractivity contribution is 7.53. The molecule has 1 saturated heterocycles. The lowest BCUT2D eigenvalue weighted by molar-refractivity contribution is -0.112. The van der Waals surface area contributed by atoms with Crippen LogP contribution in [0.5, 0.6) is 0 Å². The molecular formula is C20H31ClN5O9P. The fourth-order valence-electron chi connectivity index (χ4n) is 4.33. The van der Waals surface area contributed by atoms with E-state index >= 15 is 0 Å². The minimum atomic E-state index is -4.82. The summed E-state index contributed by atoms with van der Waals surface area (Å²) in [5, 5.41) is 36.3. The second kappa shape index (κ2) is 11.1. The van der Waals surface area contributed by atoms with Crippen molar-refractivity contribution in [3.63, 3.8) is 0 Å². The molecule has 0 bridgehead atoms. The highest BCUT2D eigenvalue weighted by atomic mass is 35.5. The second-order valence-electron chi connectivity index (χ2n) is 9.15. The molecule has 5 atom stereocenters. The average Bonchev–Trinajstić information content (AvgIpc) is 3.53. The van der Waals surface area contributed by atoms with Gasteiger partial charge < -0.3 is 44.6 Å². The van der Waals surface area contributed by atoms with Gasteiger partial charge in [-0.25, -0.2) is 4.68 Å². The van der Waals surface area contributed by atoms with Crippen molar-refractivity contribution in [2.75, 3.05) is 31.7 Å². The molecule has 1 saturated carbocycles. The first-order valence-corrected chi connectivity index (χ1v) is 13.6. The van der Waals surface area contributed by atoms with Gasteiger partial charge in [-0.2, -0.15) is 15.1 Å². The standard InChI is InChI=1S/C20H31ClN5O9P/c1-20(36(30,31)32,10-33-7-6-27)34-9-13-14(28)15(29)18(35-13)26-17-12(8-22-26)16(24-19(21)25-17)23-11-4-2-3-5-11/h8,11,13-15,18,27-29H,2-7,9-10H2,1H3,(H,23,24,25)(H2,30,31,32)/t13-,14-,15-,18?,20?/m1/s1. The molecule has 2 aromatic heterocycles. The number of aliphatic hydroxyl groups excluding tert-OH is 3. The summed E-state index contributed by atoms with van der Waals surface area (Å²) in [6, 6.07) is 0.254. The van der Waals surface area contributed by atoms with Crippen molar-refractivity contribution in [1.29, 1.82) is 0 Å². The van der Waals surface area contributed by atoms with Crippen LogP contribution in [0.15, 0.2) is 6.20 Å². The number of ether oxygens (including phenoxy) is 3. The summed E-state index contributed by atoms with van der Waals surface area (Å²) in [4.78, 5) is 28.0. The number of rotatable bonds is 11. The molecule has 6 N–H and O–H groups in total. The van der Waals surface area contributed by atoms with Crippen LogP contribution in [0.3, 0.4) is 0 Å². The van der Waals surface area contributed by atoms with E-state index in [0.29, 0.717) is 11.2 Å². The smallest absolute Gasteiger partial charge is 0.359 e. The fourth-order valence-corrected chi connectivity index (χ4v) is 4.99. The summed E-state index contributed by atoms with van der Waals surface area (Å²) in [7, 11) is -4.82. The maximum absolute atomic E-state index is 12.0. The lowest BCUT2D eigenvalue weighted by atomic mass is 10.1. The number of aliphatic hydroxyl groups is 3. The Morgan fingerprint density at radius 3 is 2.67 bits per heavy atom. The summed E-state index contributed by atoms with van der Waals surface area (Å²) < 4.78 is 29.6. The largest absolute Gasteiger partial charge is 0.394 e. The summed E-state index contributed by atoms with van der Waals surface area (Å²) in [5.41, 5.74) is 0.283. The number of fused-ring (bicyclic) bond motifs is 1. The third-order valence-electron chi connectivity index (χ3n) is 6.48. The predicted molar refractivity (Wildman–Crippen MR) is 126 cm³/mol. The molecule has 4 rings (SSSR count). The summed E-state index contributed by atoms with van der Waals surface area (Å²) in [5.74, 6) is 0.511. The number of hydrogen-bond donors (Lipinski definition) is 6. The average molecular weight is 552 g/mol. The van der Waals surface area contributed by atoms with E-state index in [-0.39, 0.29) is 30.2 Å². The topological polar surface area (TPSA) is 202 Å². The van der Waals surface area contributed by atoms with Crippen LogP contribution in [0.25, 0.3) is 11.0 Å². The van der Waals surface area contributed by atoms with E-state index < -0.39 is 50.7 Å². The van der Waals surface area contributed by atoms with Crippen molar-refractivity contribution in [3.8, 4) is 0 Å². The second-order valence-corrected chi connectivity index (χ2v) is 11.5. The molecule has 0 radical (unpaired) electrons. The molecule has 0 spiro atoms. The van der Waals surface area contributed by atoms with Crippen LogP contribution in [0.1, 0.15) is 38.8 Å². The van der Waals surface area contributed by atoms with Gasteiger partial charge in [0.15, 0.2) is 17.2 Å². The monoisotopic (exact) mass is 551 g/mol. The highest BCUT2D eigenvalue weighted by Crippen LogP contribution is 2.51. The summed E-state index contributed by atoms with van der Waals surface area (Å²) in [6.45, 7) is -0.306. The van der Waals surface area contributed by atoms with Gasteiger partial charge in [-0.15, -0.1) is 0 Å². The zero-order valence-electron chi connectivity index (χ0n) is 19.6. The van der Waals surface area contributed by atoms with Crippen molar-refractivity contribution in [2.45, 2.75) is 68.5 Å². The van der Waals surface area contributed by atoms with Gasteiger partial charge >= 0.3 is 7.60 Å². The Labute approximate surface area is 211 Å². The lowest BCUT2D eigenvalue weighted by Crippen LogP contribution is -2.40. The number of anilines is 1. The zero-order valence-corrected chi connectivity index (χ0v) is 21.3. The molecule has 2 aliphatic rings. The molecule has 14 nitrogen and oxygen atoms in total. The van der Waals surface area contributed by atoms with E-state index in [4.69, 9.17) is 30.9 Å². The minimum Gasteiger partial charge on any atom is -0.394 e. The van der Waals surface area contributed by atoms with Crippen LogP contribution >= 0.6 is 19.2 Å². The van der Waals surface area contributed by atoms with Crippen molar-refractivity contribution < 1.29 is 43.9 Å². The molecule has 2 fully saturated rings. The van der Waals surface area contributed by atoms with Crippen LogP contribution in [-0.2, 0) is 18.8 Å². The third-order valence-corrected chi connectivity index (χ3v) is 8.14. The Bertz CT molecular complexity index is 1100. The van der Waals surface area contributed by atoms with E-state index in [0.717, 1.165) is 32.6 Å². The van der Waals surface area contributed by atoms with Gasteiger partial charge in [-0.3, -0.25) is 4.57 Å². The van der Waals surface area contributed by atoms with Crippen molar-refractivity contribution in [1.82, 2.24) is 19.7 Å². The quantitative estimate of drug-likeness (QED) is 0.127. The molecule has 0 amide bonds. The molecule has 1 aliphatic heterocycles. The molecule has 16 heteroatoms. The van der Waals surface area contributed by atoms with E-state index in [9.17, 15) is 24.6 Å². The van der Waals surface area contributed by atoms with Gasteiger partial charge in [0.1, 0.15) is 24.1 Å². The maximum atomic E-state index is 12.0. The van der Waals surface area contributed by atoms with Crippen LogP contribution in [0.2, 0.25) is 5.28 Å². The van der Waals surface area contributed by atoms with Crippen molar-refractivity contribution in [3.05, 3.63) is 11.5 Å². The Balaban J connectivity index is 1.51. The first-order chi connectivity index (χ1) is 17.0. The maximum Gasteiger partial charge on any atom is 0.359 e. The van der Waals surface area contributed by atoms with Crippen LogP contribution < -0.4 is 5.32 Å². The number of nitrogens with zero attached hydrogens (tertiary/aromatic N) is 4.